The van der Waals surface area contributed by atoms with Crippen LogP contribution in [-0.2, 0) is 4.79 Å². The summed E-state index contributed by atoms with van der Waals surface area (Å²) in [6.07, 6.45) is 12.7. The number of aliphatic hydroxyl groups is 1. The van der Waals surface area contributed by atoms with Crippen LogP contribution in [0.2, 0.25) is 0 Å². The van der Waals surface area contributed by atoms with E-state index in [0.717, 1.165) is 24.7 Å². The highest BCUT2D eigenvalue weighted by molar-refractivity contribution is 5.84. The second kappa shape index (κ2) is 6.39. The van der Waals surface area contributed by atoms with Gasteiger partial charge in [-0.1, -0.05) is 48.5 Å². The van der Waals surface area contributed by atoms with Crippen LogP contribution in [0, 0.1) is 50.2 Å². The van der Waals surface area contributed by atoms with E-state index in [2.05, 4.69) is 48.5 Å². The maximum atomic E-state index is 12.5. The Morgan fingerprint density at radius 2 is 1.29 bits per heavy atom. The van der Waals surface area contributed by atoms with Crippen LogP contribution in [-0.4, -0.2) is 17.0 Å². The molecule has 5 aliphatic rings. The number of carbonyl (C=O) groups excluding carboxylic acids is 1. The maximum Gasteiger partial charge on any atom is 0.161 e. The minimum absolute atomic E-state index is 0.102. The number of rotatable bonds is 0. The molecule has 0 aliphatic heterocycles. The molecule has 0 bridgehead atoms. The van der Waals surface area contributed by atoms with Crippen molar-refractivity contribution in [3.8, 4) is 0 Å². The minimum atomic E-state index is -0.737. The Morgan fingerprint density at radius 3 is 2.00 bits per heavy atom. The molecular weight excluding hydrogens is 380 g/mol. The van der Waals surface area contributed by atoms with Gasteiger partial charge in [0, 0.05) is 11.8 Å². The molecule has 0 unspecified atom stereocenters. The SMILES string of the molecule is CC1(C)CC[C@]2(C)CC[C@]3(C)[C@H]4CC[C@@]5(C)[C@@H](CCC(=O)[C@@H]5O)[C@]4(C)CC[C@@]3(C)[C@@H]2C1. The first-order chi connectivity index (χ1) is 14.2. The van der Waals surface area contributed by atoms with Crippen LogP contribution < -0.4 is 0 Å². The highest BCUT2D eigenvalue weighted by atomic mass is 16.3. The molecule has 0 amide bonds. The zero-order valence-electron chi connectivity index (χ0n) is 21.4. The molecule has 0 spiro atoms. The van der Waals surface area contributed by atoms with Gasteiger partial charge in [0.05, 0.1) is 0 Å². The van der Waals surface area contributed by atoms with Gasteiger partial charge in [-0.25, -0.2) is 0 Å². The largest absolute Gasteiger partial charge is 0.385 e. The van der Waals surface area contributed by atoms with E-state index in [-0.39, 0.29) is 16.6 Å². The number of Topliss-reactive ketones (excluding diaryl/α,β-unsaturated/α-hetero) is 1. The number of hydrogen-bond acceptors (Lipinski definition) is 2. The fourth-order valence-corrected chi connectivity index (χ4v) is 10.9. The second-order valence-electron chi connectivity index (χ2n) is 15.0. The van der Waals surface area contributed by atoms with Crippen LogP contribution in [0.25, 0.3) is 0 Å². The third-order valence-electron chi connectivity index (χ3n) is 13.2. The monoisotopic (exact) mass is 428 g/mol. The first kappa shape index (κ1) is 22.4. The Kier molecular flexibility index (Phi) is 4.63. The Labute approximate surface area is 191 Å². The van der Waals surface area contributed by atoms with Crippen LogP contribution in [0.5, 0.6) is 0 Å². The molecule has 31 heavy (non-hydrogen) atoms. The van der Waals surface area contributed by atoms with Gasteiger partial charge in [0.1, 0.15) is 6.10 Å². The number of carbonyl (C=O) groups is 1. The van der Waals surface area contributed by atoms with Gasteiger partial charge in [0.2, 0.25) is 0 Å². The van der Waals surface area contributed by atoms with E-state index in [1.54, 1.807) is 0 Å². The molecule has 5 aliphatic carbocycles. The Morgan fingerprint density at radius 1 is 0.677 bits per heavy atom. The van der Waals surface area contributed by atoms with Crippen molar-refractivity contribution in [2.45, 2.75) is 125 Å². The summed E-state index contributed by atoms with van der Waals surface area (Å²) < 4.78 is 0. The molecule has 0 aromatic heterocycles. The standard InChI is InChI=1S/C29H48O2/c1-24(2)12-13-25(3)14-16-28(6)21-10-11-27(5)20(9-8-19(30)23(27)31)26(21,4)15-17-29(28,7)22(25)18-24/h20-23,31H,8-18H2,1-7H3/t20-,21-,22+,23-,25+,26-,27-,28+,29-/m0/s1. The molecule has 5 fully saturated rings. The van der Waals surface area contributed by atoms with Crippen molar-refractivity contribution >= 4 is 5.78 Å². The molecule has 2 heteroatoms. The molecule has 0 aromatic rings. The molecule has 2 nitrogen and oxygen atoms in total. The third-order valence-corrected chi connectivity index (χ3v) is 13.2. The van der Waals surface area contributed by atoms with Gasteiger partial charge in [-0.3, -0.25) is 4.79 Å². The van der Waals surface area contributed by atoms with Gasteiger partial charge < -0.3 is 5.11 Å². The Bertz CT molecular complexity index is 786. The smallest absolute Gasteiger partial charge is 0.161 e. The zero-order chi connectivity index (χ0) is 22.7. The summed E-state index contributed by atoms with van der Waals surface area (Å²) in [7, 11) is 0. The van der Waals surface area contributed by atoms with Gasteiger partial charge in [0.25, 0.3) is 0 Å². The highest BCUT2D eigenvalue weighted by Crippen LogP contribution is 2.78. The summed E-state index contributed by atoms with van der Waals surface area (Å²) in [5.41, 5.74) is 1.85. The normalized spacial score (nSPS) is 58.5. The van der Waals surface area contributed by atoms with Gasteiger partial charge in [-0.15, -0.1) is 0 Å². The molecule has 1 N–H and O–H groups in total. The maximum absolute atomic E-state index is 12.5. The van der Waals surface area contributed by atoms with Crippen molar-refractivity contribution in [3.63, 3.8) is 0 Å². The minimum Gasteiger partial charge on any atom is -0.385 e. The molecule has 9 atom stereocenters. The highest BCUT2D eigenvalue weighted by Gasteiger charge is 2.71. The van der Waals surface area contributed by atoms with Gasteiger partial charge in [-0.05, 0) is 109 Å². The Hall–Kier alpha value is -0.370. The Balaban J connectivity index is 1.55. The van der Waals surface area contributed by atoms with E-state index >= 15 is 0 Å². The average Bonchev–Trinajstić information content (AvgIpc) is 2.69. The lowest BCUT2D eigenvalue weighted by Gasteiger charge is -2.74. The van der Waals surface area contributed by atoms with E-state index in [0.29, 0.717) is 34.0 Å². The van der Waals surface area contributed by atoms with Crippen molar-refractivity contribution in [3.05, 3.63) is 0 Å². The van der Waals surface area contributed by atoms with Crippen molar-refractivity contribution in [1.82, 2.24) is 0 Å². The lowest BCUT2D eigenvalue weighted by atomic mass is 9.30. The number of hydrogen-bond donors (Lipinski definition) is 1. The quantitative estimate of drug-likeness (QED) is 0.443. The van der Waals surface area contributed by atoms with Crippen LogP contribution in [0.4, 0.5) is 0 Å². The molecule has 0 aromatic carbocycles. The summed E-state index contributed by atoms with van der Waals surface area (Å²) in [6, 6.07) is 0. The lowest BCUT2D eigenvalue weighted by molar-refractivity contribution is -0.260. The van der Waals surface area contributed by atoms with Crippen molar-refractivity contribution < 1.29 is 9.90 Å². The summed E-state index contributed by atoms with van der Waals surface area (Å²) in [4.78, 5) is 12.5. The van der Waals surface area contributed by atoms with Crippen LogP contribution in [0.1, 0.15) is 119 Å². The first-order valence-electron chi connectivity index (χ1n) is 13.4. The molecule has 176 valence electrons. The number of ketones is 1. The number of aliphatic hydroxyl groups excluding tert-OH is 1. The van der Waals surface area contributed by atoms with Crippen LogP contribution in [0.3, 0.4) is 0 Å². The van der Waals surface area contributed by atoms with E-state index in [1.165, 1.54) is 51.4 Å². The van der Waals surface area contributed by atoms with Gasteiger partial charge in [-0.2, -0.15) is 0 Å². The summed E-state index contributed by atoms with van der Waals surface area (Å²) in [5.74, 6) is 2.15. The van der Waals surface area contributed by atoms with E-state index in [4.69, 9.17) is 0 Å². The fraction of sp³-hybridized carbons (Fsp3) is 0.966. The second-order valence-corrected chi connectivity index (χ2v) is 15.0. The summed E-state index contributed by atoms with van der Waals surface area (Å²) in [5, 5.41) is 11.0. The predicted octanol–water partition coefficient (Wildman–Crippen LogP) is 7.18. The third kappa shape index (κ3) is 2.69. The lowest BCUT2D eigenvalue weighted by Crippen LogP contribution is -2.68. The van der Waals surface area contributed by atoms with E-state index in [1.807, 2.05) is 0 Å². The van der Waals surface area contributed by atoms with Crippen LogP contribution in [0.15, 0.2) is 0 Å². The van der Waals surface area contributed by atoms with E-state index in [9.17, 15) is 9.90 Å². The fourth-order valence-electron chi connectivity index (χ4n) is 10.9. The first-order valence-corrected chi connectivity index (χ1v) is 13.4. The number of fused-ring (bicyclic) bond motifs is 7. The summed E-state index contributed by atoms with van der Waals surface area (Å²) in [6.45, 7) is 17.9. The van der Waals surface area contributed by atoms with Gasteiger partial charge >= 0.3 is 0 Å². The molecular formula is C29H48O2. The van der Waals surface area contributed by atoms with E-state index < -0.39 is 6.10 Å². The molecule has 0 radical (unpaired) electrons. The molecule has 0 heterocycles. The molecule has 0 saturated heterocycles. The van der Waals surface area contributed by atoms with Crippen molar-refractivity contribution in [1.29, 1.82) is 0 Å². The topological polar surface area (TPSA) is 37.3 Å². The zero-order valence-corrected chi connectivity index (χ0v) is 21.4. The van der Waals surface area contributed by atoms with Crippen LogP contribution >= 0.6 is 0 Å². The predicted molar refractivity (Wildman–Crippen MR) is 127 cm³/mol. The average molecular weight is 429 g/mol. The summed E-state index contributed by atoms with van der Waals surface area (Å²) >= 11 is 0. The van der Waals surface area contributed by atoms with Gasteiger partial charge in [0.15, 0.2) is 5.78 Å². The molecule has 5 saturated carbocycles. The van der Waals surface area contributed by atoms with Crippen molar-refractivity contribution in [2.75, 3.05) is 0 Å². The molecule has 5 rings (SSSR count). The van der Waals surface area contributed by atoms with Crippen molar-refractivity contribution in [2.24, 2.45) is 50.2 Å².